The van der Waals surface area contributed by atoms with Crippen LogP contribution in [-0.4, -0.2) is 51.1 Å². The summed E-state index contributed by atoms with van der Waals surface area (Å²) in [5, 5.41) is 2.88. The number of hydrogen-bond donors (Lipinski definition) is 2. The Bertz CT molecular complexity index is 391. The minimum Gasteiger partial charge on any atom is -0.370 e. The van der Waals surface area contributed by atoms with E-state index in [2.05, 4.69) is 16.9 Å². The maximum absolute atomic E-state index is 11.3. The molecule has 0 aromatic heterocycles. The third-order valence-electron chi connectivity index (χ3n) is 2.66. The first-order valence-corrected chi connectivity index (χ1v) is 7.38. The first-order valence-electron chi connectivity index (χ1n) is 5.53. The normalized spacial score (nSPS) is 22.6. The molecule has 1 heterocycles. The molecule has 98 valence electrons. The Hall–Kier alpha value is -1.08. The Morgan fingerprint density at radius 3 is 2.94 bits per heavy atom. The number of rotatable bonds is 5. The van der Waals surface area contributed by atoms with Crippen molar-refractivity contribution in [2.45, 2.75) is 6.42 Å². The van der Waals surface area contributed by atoms with Crippen molar-refractivity contribution in [2.24, 2.45) is 16.6 Å². The number of aliphatic imine (C=N–C) groups is 1. The van der Waals surface area contributed by atoms with Crippen molar-refractivity contribution >= 4 is 16.0 Å². The lowest BCUT2D eigenvalue weighted by Gasteiger charge is -2.12. The van der Waals surface area contributed by atoms with Crippen LogP contribution < -0.4 is 11.1 Å². The molecule has 0 spiro atoms. The Kier molecular flexibility index (Phi) is 4.95. The summed E-state index contributed by atoms with van der Waals surface area (Å²) in [4.78, 5) is 4.17. The second-order valence-corrected chi connectivity index (χ2v) is 6.15. The molecule has 0 aromatic rings. The fourth-order valence-corrected chi connectivity index (χ4v) is 2.63. The van der Waals surface area contributed by atoms with E-state index in [0.29, 0.717) is 32.1 Å². The Morgan fingerprint density at radius 2 is 2.41 bits per heavy atom. The third-order valence-corrected chi connectivity index (χ3v) is 3.93. The number of sulfonamides is 1. The van der Waals surface area contributed by atoms with Crippen LogP contribution in [0.3, 0.4) is 0 Å². The van der Waals surface area contributed by atoms with Crippen LogP contribution in [0, 0.1) is 5.92 Å². The Labute approximate surface area is 103 Å². The zero-order valence-electron chi connectivity index (χ0n) is 10.1. The predicted octanol–water partition coefficient (Wildman–Crippen LogP) is -0.642. The van der Waals surface area contributed by atoms with Gasteiger partial charge in [-0.15, -0.1) is 6.58 Å². The molecule has 1 aliphatic heterocycles. The van der Waals surface area contributed by atoms with Crippen molar-refractivity contribution in [3.63, 3.8) is 0 Å². The first-order chi connectivity index (χ1) is 7.93. The lowest BCUT2D eigenvalue weighted by Crippen LogP contribution is -2.32. The van der Waals surface area contributed by atoms with Crippen LogP contribution in [-0.2, 0) is 10.0 Å². The summed E-state index contributed by atoms with van der Waals surface area (Å²) in [6.45, 7) is 5.82. The Morgan fingerprint density at radius 1 is 1.71 bits per heavy atom. The van der Waals surface area contributed by atoms with E-state index in [1.807, 2.05) is 0 Å². The molecule has 6 nitrogen and oxygen atoms in total. The van der Waals surface area contributed by atoms with Gasteiger partial charge in [0.25, 0.3) is 0 Å². The van der Waals surface area contributed by atoms with Crippen LogP contribution in [0.15, 0.2) is 17.6 Å². The third kappa shape index (κ3) is 4.74. The first kappa shape index (κ1) is 14.0. The lowest BCUT2D eigenvalue weighted by molar-refractivity contribution is 0.464. The van der Waals surface area contributed by atoms with Gasteiger partial charge in [0.05, 0.1) is 6.26 Å². The average molecular weight is 260 g/mol. The molecule has 17 heavy (non-hydrogen) atoms. The monoisotopic (exact) mass is 260 g/mol. The summed E-state index contributed by atoms with van der Waals surface area (Å²) >= 11 is 0. The van der Waals surface area contributed by atoms with Crippen molar-refractivity contribution in [3.05, 3.63) is 12.7 Å². The van der Waals surface area contributed by atoms with Gasteiger partial charge in [0.1, 0.15) is 0 Å². The second kappa shape index (κ2) is 6.02. The molecule has 1 atom stereocenters. The second-order valence-electron chi connectivity index (χ2n) is 4.17. The van der Waals surface area contributed by atoms with Gasteiger partial charge in [-0.25, -0.2) is 12.7 Å². The number of guanidine groups is 1. The molecule has 0 amide bonds. The predicted molar refractivity (Wildman–Crippen MR) is 69.2 cm³/mol. The van der Waals surface area contributed by atoms with Gasteiger partial charge in [-0.3, -0.25) is 4.99 Å². The van der Waals surface area contributed by atoms with E-state index < -0.39 is 10.0 Å². The van der Waals surface area contributed by atoms with Crippen LogP contribution in [0.2, 0.25) is 0 Å². The molecule has 1 aliphatic rings. The van der Waals surface area contributed by atoms with Crippen molar-refractivity contribution in [2.75, 3.05) is 32.4 Å². The molecule has 0 bridgehead atoms. The molecule has 7 heteroatoms. The molecule has 1 fully saturated rings. The molecule has 3 N–H and O–H groups in total. The van der Waals surface area contributed by atoms with Gasteiger partial charge in [-0.2, -0.15) is 0 Å². The zero-order valence-corrected chi connectivity index (χ0v) is 10.9. The maximum atomic E-state index is 11.3. The minimum atomic E-state index is -3.06. The summed E-state index contributed by atoms with van der Waals surface area (Å²) in [5.41, 5.74) is 5.62. The van der Waals surface area contributed by atoms with E-state index in [-0.39, 0.29) is 5.92 Å². The highest BCUT2D eigenvalue weighted by atomic mass is 32.2. The molecular weight excluding hydrogens is 240 g/mol. The van der Waals surface area contributed by atoms with Crippen LogP contribution in [0.4, 0.5) is 0 Å². The fraction of sp³-hybridized carbons (Fsp3) is 0.700. The largest absolute Gasteiger partial charge is 0.370 e. The number of nitrogens with two attached hydrogens (primary N) is 1. The van der Waals surface area contributed by atoms with Crippen LogP contribution >= 0.6 is 0 Å². The van der Waals surface area contributed by atoms with Crippen molar-refractivity contribution < 1.29 is 8.42 Å². The molecule has 1 rings (SSSR count). The summed E-state index contributed by atoms with van der Waals surface area (Å²) in [6, 6.07) is 0. The molecule has 0 radical (unpaired) electrons. The van der Waals surface area contributed by atoms with E-state index in [1.54, 1.807) is 6.08 Å². The summed E-state index contributed by atoms with van der Waals surface area (Å²) in [6.07, 6.45) is 3.77. The molecule has 0 saturated carbocycles. The highest BCUT2D eigenvalue weighted by Gasteiger charge is 2.28. The summed E-state index contributed by atoms with van der Waals surface area (Å²) < 4.78 is 24.1. The van der Waals surface area contributed by atoms with Gasteiger partial charge in [0, 0.05) is 26.2 Å². The van der Waals surface area contributed by atoms with Crippen molar-refractivity contribution in [3.8, 4) is 0 Å². The SMILES string of the molecule is C=CCNC(N)=NCC1CCN(S(C)(=O)=O)C1. The average Bonchev–Trinajstić information content (AvgIpc) is 2.71. The molecular formula is C10H20N4O2S. The summed E-state index contributed by atoms with van der Waals surface area (Å²) in [5.74, 6) is 0.636. The van der Waals surface area contributed by atoms with Crippen LogP contribution in [0.5, 0.6) is 0 Å². The Balaban J connectivity index is 2.38. The lowest BCUT2D eigenvalue weighted by atomic mass is 10.1. The number of nitrogens with one attached hydrogen (secondary N) is 1. The van der Waals surface area contributed by atoms with Gasteiger partial charge < -0.3 is 11.1 Å². The number of hydrogen-bond acceptors (Lipinski definition) is 3. The van der Waals surface area contributed by atoms with Gasteiger partial charge in [0.15, 0.2) is 5.96 Å². The smallest absolute Gasteiger partial charge is 0.211 e. The molecule has 0 aliphatic carbocycles. The van der Waals surface area contributed by atoms with E-state index in [9.17, 15) is 8.42 Å². The quantitative estimate of drug-likeness (QED) is 0.391. The standard InChI is InChI=1S/C10H20N4O2S/c1-3-5-12-10(11)13-7-9-4-6-14(8-9)17(2,15)16/h3,9H,1,4-8H2,2H3,(H3,11,12,13). The van der Waals surface area contributed by atoms with Gasteiger partial charge in [-0.05, 0) is 12.3 Å². The van der Waals surface area contributed by atoms with Gasteiger partial charge >= 0.3 is 0 Å². The molecule has 1 unspecified atom stereocenters. The maximum Gasteiger partial charge on any atom is 0.211 e. The van der Waals surface area contributed by atoms with E-state index in [0.717, 1.165) is 6.42 Å². The van der Waals surface area contributed by atoms with Crippen LogP contribution in [0.25, 0.3) is 0 Å². The summed E-state index contributed by atoms with van der Waals surface area (Å²) in [7, 11) is -3.06. The molecule has 1 saturated heterocycles. The van der Waals surface area contributed by atoms with E-state index >= 15 is 0 Å². The highest BCUT2D eigenvalue weighted by molar-refractivity contribution is 7.88. The highest BCUT2D eigenvalue weighted by Crippen LogP contribution is 2.18. The topological polar surface area (TPSA) is 87.8 Å². The van der Waals surface area contributed by atoms with E-state index in [1.165, 1.54) is 10.6 Å². The van der Waals surface area contributed by atoms with E-state index in [4.69, 9.17) is 5.73 Å². The van der Waals surface area contributed by atoms with Gasteiger partial charge in [0.2, 0.25) is 10.0 Å². The van der Waals surface area contributed by atoms with Crippen molar-refractivity contribution in [1.82, 2.24) is 9.62 Å². The fourth-order valence-electron chi connectivity index (χ4n) is 1.71. The zero-order chi connectivity index (χ0) is 12.9. The van der Waals surface area contributed by atoms with Crippen LogP contribution in [0.1, 0.15) is 6.42 Å². The van der Waals surface area contributed by atoms with Gasteiger partial charge in [-0.1, -0.05) is 6.08 Å². The van der Waals surface area contributed by atoms with Crippen molar-refractivity contribution in [1.29, 1.82) is 0 Å². The molecule has 0 aromatic carbocycles. The number of nitrogens with zero attached hydrogens (tertiary/aromatic N) is 2. The minimum absolute atomic E-state index is 0.258.